The first-order valence-electron chi connectivity index (χ1n) is 7.79. The van der Waals surface area contributed by atoms with Crippen LogP contribution in [0, 0.1) is 5.92 Å². The minimum absolute atomic E-state index is 0.145. The van der Waals surface area contributed by atoms with Crippen molar-refractivity contribution in [3.8, 4) is 0 Å². The molecular weight excluding hydrogens is 324 g/mol. The van der Waals surface area contributed by atoms with Crippen LogP contribution in [0.2, 0.25) is 0 Å². The summed E-state index contributed by atoms with van der Waals surface area (Å²) in [5, 5.41) is 2.79. The number of nitrogens with one attached hydrogen (secondary N) is 2. The Balaban J connectivity index is 2.07. The van der Waals surface area contributed by atoms with Crippen LogP contribution >= 0.6 is 0 Å². The van der Waals surface area contributed by atoms with Crippen molar-refractivity contribution in [3.63, 3.8) is 0 Å². The Morgan fingerprint density at radius 3 is 2.04 bits per heavy atom. The van der Waals surface area contributed by atoms with E-state index in [0.29, 0.717) is 6.54 Å². The largest absolute Gasteiger partial charge is 0.351 e. The molecule has 6 heteroatoms. The van der Waals surface area contributed by atoms with Gasteiger partial charge in [0, 0.05) is 6.54 Å². The molecule has 0 saturated heterocycles. The second-order valence-electron chi connectivity index (χ2n) is 5.86. The summed E-state index contributed by atoms with van der Waals surface area (Å²) in [6.07, 6.45) is 0. The van der Waals surface area contributed by atoms with Gasteiger partial charge in [-0.25, -0.2) is 8.42 Å². The monoisotopic (exact) mass is 346 g/mol. The Bertz CT molecular complexity index is 759. The van der Waals surface area contributed by atoms with Gasteiger partial charge in [0.15, 0.2) is 0 Å². The quantitative estimate of drug-likeness (QED) is 0.808. The molecule has 0 saturated carbocycles. The van der Waals surface area contributed by atoms with Gasteiger partial charge in [-0.05, 0) is 23.6 Å². The van der Waals surface area contributed by atoms with Gasteiger partial charge in [-0.2, -0.15) is 4.72 Å². The number of hydrogen-bond acceptors (Lipinski definition) is 3. The SMILES string of the molecule is CC(C)[C@H](NS(=O)(=O)c1ccccc1)C(=O)NCc1ccccc1. The Kier molecular flexibility index (Phi) is 6.11. The van der Waals surface area contributed by atoms with Gasteiger partial charge >= 0.3 is 0 Å². The van der Waals surface area contributed by atoms with Crippen molar-refractivity contribution in [2.24, 2.45) is 5.92 Å². The number of amides is 1. The molecule has 0 fully saturated rings. The van der Waals surface area contributed by atoms with Gasteiger partial charge < -0.3 is 5.32 Å². The van der Waals surface area contributed by atoms with Gasteiger partial charge in [0.2, 0.25) is 15.9 Å². The van der Waals surface area contributed by atoms with Crippen LogP contribution in [0.3, 0.4) is 0 Å². The number of carbonyl (C=O) groups is 1. The predicted molar refractivity (Wildman–Crippen MR) is 93.7 cm³/mol. The Hall–Kier alpha value is -2.18. The summed E-state index contributed by atoms with van der Waals surface area (Å²) in [6.45, 7) is 3.97. The fraction of sp³-hybridized carbons (Fsp3) is 0.278. The summed E-state index contributed by atoms with van der Waals surface area (Å²) in [4.78, 5) is 12.6. The van der Waals surface area contributed by atoms with Crippen molar-refractivity contribution in [2.75, 3.05) is 0 Å². The second kappa shape index (κ2) is 8.08. The van der Waals surface area contributed by atoms with E-state index in [9.17, 15) is 13.2 Å². The maximum absolute atomic E-state index is 12.4. The summed E-state index contributed by atoms with van der Waals surface area (Å²) in [6, 6.07) is 16.7. The first kappa shape index (κ1) is 18.2. The molecule has 128 valence electrons. The molecule has 5 nitrogen and oxygen atoms in total. The molecule has 2 aromatic rings. The summed E-state index contributed by atoms with van der Waals surface area (Å²) in [5.74, 6) is -0.521. The number of carbonyl (C=O) groups excluding carboxylic acids is 1. The molecule has 0 unspecified atom stereocenters. The van der Waals surface area contributed by atoms with E-state index in [-0.39, 0.29) is 16.7 Å². The first-order valence-corrected chi connectivity index (χ1v) is 9.27. The van der Waals surface area contributed by atoms with Crippen LogP contribution < -0.4 is 10.0 Å². The normalized spacial score (nSPS) is 12.8. The van der Waals surface area contributed by atoms with Gasteiger partial charge in [0.05, 0.1) is 4.90 Å². The highest BCUT2D eigenvalue weighted by Crippen LogP contribution is 2.11. The topological polar surface area (TPSA) is 75.3 Å². The molecule has 24 heavy (non-hydrogen) atoms. The maximum atomic E-state index is 12.4. The van der Waals surface area contributed by atoms with E-state index in [1.54, 1.807) is 32.0 Å². The van der Waals surface area contributed by atoms with Crippen LogP contribution in [0.1, 0.15) is 19.4 Å². The molecule has 2 aromatic carbocycles. The summed E-state index contributed by atoms with van der Waals surface area (Å²) < 4.78 is 27.4. The van der Waals surface area contributed by atoms with Gasteiger partial charge in [-0.15, -0.1) is 0 Å². The standard InChI is InChI=1S/C18H22N2O3S/c1-14(2)17(18(21)19-13-15-9-5-3-6-10-15)20-24(22,23)16-11-7-4-8-12-16/h3-12,14,17,20H,13H2,1-2H3,(H,19,21)/t17-/m0/s1. The predicted octanol–water partition coefficient (Wildman–Crippen LogP) is 2.31. The van der Waals surface area contributed by atoms with Crippen LogP contribution in [0.5, 0.6) is 0 Å². The van der Waals surface area contributed by atoms with Crippen LogP contribution in [0.25, 0.3) is 0 Å². The lowest BCUT2D eigenvalue weighted by atomic mass is 10.0. The van der Waals surface area contributed by atoms with Crippen LogP contribution in [-0.2, 0) is 21.4 Å². The van der Waals surface area contributed by atoms with Crippen molar-refractivity contribution in [1.82, 2.24) is 10.0 Å². The molecule has 0 spiro atoms. The molecule has 2 N–H and O–H groups in total. The Labute approximate surface area is 143 Å². The van der Waals surface area contributed by atoms with Gasteiger partial charge in [-0.1, -0.05) is 62.4 Å². The molecular formula is C18H22N2O3S. The zero-order chi connectivity index (χ0) is 17.6. The highest BCUT2D eigenvalue weighted by atomic mass is 32.2. The van der Waals surface area contributed by atoms with Crippen molar-refractivity contribution >= 4 is 15.9 Å². The van der Waals surface area contributed by atoms with Crippen molar-refractivity contribution < 1.29 is 13.2 Å². The molecule has 0 bridgehead atoms. The summed E-state index contributed by atoms with van der Waals surface area (Å²) in [5.41, 5.74) is 0.958. The van der Waals surface area contributed by atoms with Gasteiger partial charge in [-0.3, -0.25) is 4.79 Å². The summed E-state index contributed by atoms with van der Waals surface area (Å²) >= 11 is 0. The molecule has 2 rings (SSSR count). The van der Waals surface area contributed by atoms with Crippen molar-refractivity contribution in [1.29, 1.82) is 0 Å². The van der Waals surface area contributed by atoms with Crippen molar-refractivity contribution in [2.45, 2.75) is 31.3 Å². The van der Waals surface area contributed by atoms with E-state index in [1.165, 1.54) is 12.1 Å². The zero-order valence-corrected chi connectivity index (χ0v) is 14.6. The number of rotatable bonds is 7. The smallest absolute Gasteiger partial charge is 0.241 e. The van der Waals surface area contributed by atoms with E-state index in [0.717, 1.165) is 5.56 Å². The van der Waals surface area contributed by atoms with Gasteiger partial charge in [0.1, 0.15) is 6.04 Å². The fourth-order valence-electron chi connectivity index (χ4n) is 2.22. The molecule has 0 aliphatic rings. The third-order valence-corrected chi connectivity index (χ3v) is 5.05. The highest BCUT2D eigenvalue weighted by Gasteiger charge is 2.28. The van der Waals surface area contributed by atoms with E-state index < -0.39 is 16.1 Å². The summed E-state index contributed by atoms with van der Waals surface area (Å²) in [7, 11) is -3.74. The zero-order valence-electron chi connectivity index (χ0n) is 13.8. The average Bonchev–Trinajstić information content (AvgIpc) is 2.59. The van der Waals surface area contributed by atoms with E-state index >= 15 is 0 Å². The van der Waals surface area contributed by atoms with E-state index in [2.05, 4.69) is 10.0 Å². The molecule has 1 atom stereocenters. The second-order valence-corrected chi connectivity index (χ2v) is 7.57. The highest BCUT2D eigenvalue weighted by molar-refractivity contribution is 7.89. The number of hydrogen-bond donors (Lipinski definition) is 2. The van der Waals surface area contributed by atoms with Crippen molar-refractivity contribution in [3.05, 3.63) is 66.2 Å². The molecule has 0 aromatic heterocycles. The minimum atomic E-state index is -3.74. The first-order chi connectivity index (χ1) is 11.4. The van der Waals surface area contributed by atoms with Crippen LogP contribution in [0.4, 0.5) is 0 Å². The third kappa shape index (κ3) is 4.91. The number of benzene rings is 2. The Morgan fingerprint density at radius 1 is 0.958 bits per heavy atom. The lowest BCUT2D eigenvalue weighted by molar-refractivity contribution is -0.123. The lowest BCUT2D eigenvalue weighted by Crippen LogP contribution is -2.49. The lowest BCUT2D eigenvalue weighted by Gasteiger charge is -2.21. The maximum Gasteiger partial charge on any atom is 0.241 e. The molecule has 0 radical (unpaired) electrons. The molecule has 0 aliphatic heterocycles. The minimum Gasteiger partial charge on any atom is -0.351 e. The number of sulfonamides is 1. The van der Waals surface area contributed by atoms with E-state index in [1.807, 2.05) is 30.3 Å². The van der Waals surface area contributed by atoms with E-state index in [4.69, 9.17) is 0 Å². The average molecular weight is 346 g/mol. The molecule has 0 aliphatic carbocycles. The van der Waals surface area contributed by atoms with Crippen LogP contribution in [-0.4, -0.2) is 20.4 Å². The molecule has 0 heterocycles. The fourth-order valence-corrected chi connectivity index (χ4v) is 3.59. The van der Waals surface area contributed by atoms with Crippen LogP contribution in [0.15, 0.2) is 65.6 Å². The Morgan fingerprint density at radius 2 is 1.50 bits per heavy atom. The third-order valence-electron chi connectivity index (χ3n) is 3.59. The van der Waals surface area contributed by atoms with Gasteiger partial charge in [0.25, 0.3) is 0 Å². The molecule has 1 amide bonds.